The molecule has 0 radical (unpaired) electrons. The first-order chi connectivity index (χ1) is 64.3. The van der Waals surface area contributed by atoms with Crippen LogP contribution in [0.25, 0.3) is 0 Å². The molecule has 0 aromatic rings. The molecule has 0 saturated heterocycles. The zero-order valence-corrected chi connectivity index (χ0v) is 71.3. The molecule has 0 aromatic heterocycles. The van der Waals surface area contributed by atoms with Gasteiger partial charge < -0.3 is 0 Å². The molecule has 96 aliphatic rings. The maximum Gasteiger partial charge on any atom is -0.0000365 e. The van der Waals surface area contributed by atoms with Crippen LogP contribution in [0.4, 0.5) is 0 Å². The SMILES string of the molecule is C1C2C3CC4C5C6C7C8C9C%10C%11C%12C%13C%14CC%15C%16CC%17C%18C%19C%20C%21CC%22C%23C%24C%25C%26C%27C%28C%29C%30C%31C%32CC%33C%34C%35C%36C1C1%37CC2%38C34C52C%383CC14C15CC3%38C3%39CC1%40C1%41CC3%42C3%43CC1%44C1%45CC3%46C3%47CC1%48C1%49CC3%50C3%51CC1%52C%17(CC%163C%15%14C%13%51C%12%50C%11%47C%10%46C9%43C8%42C7%39C6%382)C%181C%192C%203C%21%22C%236C%247C%258C%269C%27%10C%28%11C%29%12C%30%13C%31%14C%33%32C%34%15C%35%16C%36%37C4%17C54C%405C%41%18C%44%19C%45%20C%48%21C%49%22C%521C21C36C72C83C96C%107C%118C%129C%13%10C%15%14C%16%17C4%10C59C%188C%197C%206C%213C%2212. The lowest BCUT2D eigenvalue weighted by atomic mass is 8.24. The Hall–Kier alpha value is 0. The Morgan fingerprint density at radius 1 is 0.0923 bits per heavy atom. The largest absolute Gasteiger partial charge is 0.0459 e. The number of rotatable bonds is 0. The van der Waals surface area contributed by atoms with E-state index in [1.165, 1.54) is 213 Å². The molecule has 96 rings (SSSR count). The van der Waals surface area contributed by atoms with Crippen molar-refractivity contribution in [2.75, 3.05) is 0 Å². The molecule has 22 bridgehead atoms. The van der Waals surface area contributed by atoms with Crippen LogP contribution < -0.4 is 0 Å². The van der Waals surface area contributed by atoms with Gasteiger partial charge in [-0.15, -0.1) is 0 Å². The Bertz CT molecular complexity index is 9870. The topological polar surface area (TPSA) is 0 Å². The van der Waals surface area contributed by atoms with E-state index in [1.807, 2.05) is 38.5 Å². The molecule has 0 aliphatic heterocycles. The van der Waals surface area contributed by atoms with E-state index in [2.05, 4.69) is 70.6 Å². The average Bonchev–Trinajstić information content (AvgIpc) is 0.400. The van der Waals surface area contributed by atoms with Gasteiger partial charge in [-0.2, -0.15) is 0 Å². The summed E-state index contributed by atoms with van der Waals surface area (Å²) < 4.78 is 0. The molecular weight excluding hydrogens is 1560 g/mol. The second-order valence-electron chi connectivity index (χ2n) is 86.6. The summed E-state index contributed by atoms with van der Waals surface area (Å²) >= 11 is 0. The van der Waals surface area contributed by atoms with Gasteiger partial charge in [0.2, 0.25) is 0 Å². The van der Waals surface area contributed by atoms with Gasteiger partial charge in [0.15, 0.2) is 0 Å². The third-order valence-corrected chi connectivity index (χ3v) is 119. The van der Waals surface area contributed by atoms with Crippen LogP contribution in [0.15, 0.2) is 0 Å². The van der Waals surface area contributed by atoms with Crippen molar-refractivity contribution in [2.45, 2.75) is 109 Å². The van der Waals surface area contributed by atoms with Crippen molar-refractivity contribution in [3.63, 3.8) is 0 Å². The maximum absolute atomic E-state index is 2.37. The van der Waals surface area contributed by atoms with Gasteiger partial charge in [-0.25, -0.2) is 0 Å². The zero-order chi connectivity index (χ0) is 71.3. The molecule has 590 valence electrons. The summed E-state index contributed by atoms with van der Waals surface area (Å²) in [7, 11) is 0. The van der Waals surface area contributed by atoms with Gasteiger partial charge in [-0.05, 0) is 739 Å². The molecule has 96 saturated carbocycles. The van der Waals surface area contributed by atoms with Crippen LogP contribution in [0.3, 0.4) is 0 Å². The second-order valence-corrected chi connectivity index (χ2v) is 86.6. The Labute approximate surface area is 733 Å². The molecule has 77 spiro atoms. The van der Waals surface area contributed by atoms with E-state index in [0.717, 1.165) is 417 Å². The van der Waals surface area contributed by atoms with Gasteiger partial charge in [-0.1, -0.05) is 0 Å². The molecule has 0 heteroatoms. The third-order valence-electron chi connectivity index (χ3n) is 119. The fourth-order valence-electron chi connectivity index (χ4n) is 154. The molecule has 0 aromatic carbocycles. The minimum absolute atomic E-state index is 0.979. The zero-order valence-electron chi connectivity index (χ0n) is 71.3. The Morgan fingerprint density at radius 2 is 0.300 bits per heavy atom. The molecule has 0 nitrogen and oxygen atoms in total. The number of hydrogen-bond acceptors (Lipinski definition) is 0. The Morgan fingerprint density at radius 3 is 0.654 bits per heavy atom. The molecule has 0 amide bonds. The van der Waals surface area contributed by atoms with Gasteiger partial charge in [0.25, 0.3) is 0 Å². The van der Waals surface area contributed by atoms with E-state index >= 15 is 0 Å². The lowest BCUT2D eigenvalue weighted by Crippen LogP contribution is -3.72. The van der Waals surface area contributed by atoms with Gasteiger partial charge >= 0.3 is 0 Å². The predicted molar refractivity (Wildman–Crippen MR) is 420 cm³/mol. The highest BCUT2D eigenvalue weighted by Gasteiger charge is 3.86. The monoisotopic (exact) mass is 1630 g/mol. The minimum Gasteiger partial charge on any atom is -0.0459 e. The molecule has 130 heavy (non-hydrogen) atoms. The second kappa shape index (κ2) is 6.13. The summed E-state index contributed by atoms with van der Waals surface area (Å²) in [5, 5.41) is 0. The van der Waals surface area contributed by atoms with Gasteiger partial charge in [0.05, 0.1) is 0 Å². The highest BCUT2D eigenvalue weighted by atomic mass is 15.9. The summed E-state index contributed by atoms with van der Waals surface area (Å²) in [5.41, 5.74) is 81.6. The quantitative estimate of drug-likeness (QED) is 0.227. The van der Waals surface area contributed by atoms with Crippen LogP contribution in [-0.2, 0) is 0 Å². The maximum atomic E-state index is 2.37. The van der Waals surface area contributed by atoms with Crippen molar-refractivity contribution in [2.24, 2.45) is 440 Å². The Kier molecular flexibility index (Phi) is 2.02. The molecule has 96 aliphatic carbocycles. The van der Waals surface area contributed by atoms with E-state index in [9.17, 15) is 0 Å². The van der Waals surface area contributed by atoms with Crippen molar-refractivity contribution in [1.82, 2.24) is 0 Å². The van der Waals surface area contributed by atoms with Crippen molar-refractivity contribution >= 4 is 0 Å². The highest BCUT2D eigenvalue weighted by molar-refractivity contribution is 6.94. The van der Waals surface area contributed by atoms with Crippen molar-refractivity contribution in [3.8, 4) is 0 Å². The average molecular weight is 1630 g/mol. The van der Waals surface area contributed by atoms with Crippen LogP contribution in [0.2, 0.25) is 0 Å². The molecule has 104 atom stereocenters. The molecule has 96 fully saturated rings. The van der Waals surface area contributed by atoms with Crippen molar-refractivity contribution < 1.29 is 0 Å². The van der Waals surface area contributed by atoms with Crippen LogP contribution in [0, 0.1) is 630 Å². The highest BCUT2D eigenvalue weighted by Crippen LogP contribution is 3.92. The number of fused-ring (bicyclic) bond motifs is 30. The van der Waals surface area contributed by atoms with Gasteiger partial charge in [-0.3, -0.25) is 0 Å². The Balaban J connectivity index is 0.546. The lowest BCUT2D eigenvalue weighted by Gasteiger charge is -3.78. The number of hydrogen-bond donors (Lipinski definition) is 0. The fourth-order valence-corrected chi connectivity index (χ4v) is 154. The van der Waals surface area contributed by atoms with E-state index in [0.29, 0.717) is 0 Å². The van der Waals surface area contributed by atoms with Gasteiger partial charge in [0.1, 0.15) is 0 Å². The fraction of sp³-hybridized carbons (Fsp3) is 1.00. The first kappa shape index (κ1) is 42.7. The summed E-state index contributed by atoms with van der Waals surface area (Å²) in [5.74, 6) is 50.9. The standard InChI is InChI=1S/C130H70/c1-18-20-3-24-32-40-44-46-48-47-45-41-33-25-4-21-19-2-23-31-39-35-27-6-29-37-43-50-52-53-51-49-42-36-28-5-26-34-38-30-22(1)56-7-54(18)58-9-60(56)69-11-62(58)64-13-71(69)73-15-66(64)68-17-75(73)74-16-67(68)65-14-72(74)70-12-63(65)59-10-61(70)57(23,8-55(19,59)77(21,25)83(33,59)85(41,63)87(45,65)89(47,67)90(48,68)88(46,66)86(44,64)84(40,62)82(32,58)76(20,24)54)81(31)96(39)92(35)79(27,29)94(37)98(43)100(50)102(52)103(53)101(51)99(49)97(42)93(36)78(26,28)91(34)95(38)80(30,56)104(60)106(69)108(71)110(73)112(75)111(74)109(72)107(70)105(61,81)116(96)114(92,94)118(98)120(100)122(102)123(103)121(101)119(99)117(97)113(91,93)115(95,104)124(106,117)126(108,119)128(110,121)130(112,123)129(111,122)127(109,120)125(107,116)118/h18-53H,1-17H2. The first-order valence-electron chi connectivity index (χ1n) is 64.3. The summed E-state index contributed by atoms with van der Waals surface area (Å²) in [4.78, 5) is 0. The summed E-state index contributed by atoms with van der Waals surface area (Å²) in [6.07, 6.45) is 37.3. The molecular formula is C130H70. The first-order valence-corrected chi connectivity index (χ1v) is 64.3. The molecule has 0 heterocycles. The van der Waals surface area contributed by atoms with E-state index in [-0.39, 0.29) is 0 Å². The van der Waals surface area contributed by atoms with Crippen LogP contribution in [-0.4, -0.2) is 0 Å². The predicted octanol–water partition coefficient (Wildman–Crippen LogP) is 13.9. The van der Waals surface area contributed by atoms with Crippen LogP contribution in [0.1, 0.15) is 109 Å². The minimum atomic E-state index is 0.979. The van der Waals surface area contributed by atoms with E-state index < -0.39 is 0 Å². The third kappa shape index (κ3) is 0.858. The van der Waals surface area contributed by atoms with Gasteiger partial charge in [0, 0.05) is 0 Å². The summed E-state index contributed by atoms with van der Waals surface area (Å²) in [6.45, 7) is 0. The van der Waals surface area contributed by atoms with Crippen LogP contribution >= 0.6 is 0 Å². The van der Waals surface area contributed by atoms with Crippen molar-refractivity contribution in [3.05, 3.63) is 190 Å². The van der Waals surface area contributed by atoms with Crippen molar-refractivity contribution in [1.29, 1.82) is 0 Å². The lowest BCUT2D eigenvalue weighted by molar-refractivity contribution is -1.05. The smallest absolute Gasteiger partial charge is 0.0000365 e. The normalized spacial score (nSPS) is 147. The summed E-state index contributed by atoms with van der Waals surface area (Å²) in [6, 6.07) is 0. The molecule has 104 unspecified atom stereocenters. The molecule has 0 N–H and O–H groups in total. The van der Waals surface area contributed by atoms with E-state index in [4.69, 9.17) is 0 Å². The van der Waals surface area contributed by atoms with E-state index in [1.54, 1.807) is 0 Å². The van der Waals surface area contributed by atoms with Crippen LogP contribution in [0.5, 0.6) is 0 Å².